The van der Waals surface area contributed by atoms with Crippen molar-refractivity contribution in [3.63, 3.8) is 0 Å². The van der Waals surface area contributed by atoms with Gasteiger partial charge >= 0.3 is 0 Å². The van der Waals surface area contributed by atoms with Gasteiger partial charge in [-0.2, -0.15) is 0 Å². The van der Waals surface area contributed by atoms with E-state index >= 15 is 0 Å². The molecule has 0 amide bonds. The van der Waals surface area contributed by atoms with Crippen LogP contribution in [0.25, 0.3) is 0 Å². The van der Waals surface area contributed by atoms with Gasteiger partial charge in [0.25, 0.3) is 0 Å². The highest BCUT2D eigenvalue weighted by Crippen LogP contribution is 2.28. The molecule has 5 heteroatoms. The first-order chi connectivity index (χ1) is 9.15. The van der Waals surface area contributed by atoms with Crippen LogP contribution in [0.4, 0.5) is 14.5 Å². The summed E-state index contributed by atoms with van der Waals surface area (Å²) in [4.78, 5) is 1.72. The Labute approximate surface area is 112 Å². The Morgan fingerprint density at radius 2 is 2.05 bits per heavy atom. The molecule has 1 aromatic rings. The van der Waals surface area contributed by atoms with Crippen LogP contribution in [0.5, 0.6) is 0 Å². The van der Waals surface area contributed by atoms with Gasteiger partial charge < -0.3 is 15.0 Å². The maximum Gasteiger partial charge on any atom is 0.149 e. The molecule has 0 spiro atoms. The summed E-state index contributed by atoms with van der Waals surface area (Å²) in [5.41, 5.74) is 0.697. The summed E-state index contributed by atoms with van der Waals surface area (Å²) in [6.07, 6.45) is 0.856. The summed E-state index contributed by atoms with van der Waals surface area (Å²) in [6, 6.07) is 2.81. The number of hydrogen-bond acceptors (Lipinski definition) is 3. The summed E-state index contributed by atoms with van der Waals surface area (Å²) in [5.74, 6) is -0.991. The van der Waals surface area contributed by atoms with Crippen LogP contribution in [0.1, 0.15) is 18.9 Å². The summed E-state index contributed by atoms with van der Waals surface area (Å²) < 4.78 is 33.4. The van der Waals surface area contributed by atoms with Crippen molar-refractivity contribution in [2.45, 2.75) is 26.0 Å². The molecule has 1 aliphatic heterocycles. The van der Waals surface area contributed by atoms with E-state index in [2.05, 4.69) is 5.32 Å². The highest BCUT2D eigenvalue weighted by atomic mass is 19.1. The van der Waals surface area contributed by atoms with Crippen molar-refractivity contribution in [2.75, 3.05) is 31.6 Å². The average molecular weight is 270 g/mol. The van der Waals surface area contributed by atoms with Crippen LogP contribution in [0.3, 0.4) is 0 Å². The summed E-state index contributed by atoms with van der Waals surface area (Å²) in [5, 5.41) is 3.06. The lowest BCUT2D eigenvalue weighted by Gasteiger charge is -2.20. The van der Waals surface area contributed by atoms with Gasteiger partial charge in [0, 0.05) is 26.7 Å². The molecule has 0 aliphatic carbocycles. The summed E-state index contributed by atoms with van der Waals surface area (Å²) in [7, 11) is 1.63. The van der Waals surface area contributed by atoms with Gasteiger partial charge in [-0.05, 0) is 30.7 Å². The second kappa shape index (κ2) is 6.30. The number of nitrogens with one attached hydrogen (secondary N) is 1. The molecule has 0 aromatic heterocycles. The fourth-order valence-electron chi connectivity index (χ4n) is 2.42. The van der Waals surface area contributed by atoms with Crippen molar-refractivity contribution >= 4 is 5.69 Å². The Morgan fingerprint density at radius 1 is 1.37 bits per heavy atom. The topological polar surface area (TPSA) is 24.5 Å². The zero-order valence-corrected chi connectivity index (χ0v) is 11.4. The van der Waals surface area contributed by atoms with Crippen LogP contribution < -0.4 is 10.2 Å². The smallest absolute Gasteiger partial charge is 0.149 e. The number of methoxy groups -OCH3 is 1. The Hall–Kier alpha value is -1.20. The number of halogens is 2. The van der Waals surface area contributed by atoms with Crippen molar-refractivity contribution in [1.29, 1.82) is 0 Å². The minimum absolute atomic E-state index is 0.0558. The fourth-order valence-corrected chi connectivity index (χ4v) is 2.42. The quantitative estimate of drug-likeness (QED) is 0.888. The molecule has 2 rings (SSSR count). The molecule has 1 heterocycles. The van der Waals surface area contributed by atoms with Crippen molar-refractivity contribution in [3.8, 4) is 0 Å². The Bertz CT molecular complexity index is 416. The van der Waals surface area contributed by atoms with Gasteiger partial charge in [-0.3, -0.25) is 0 Å². The second-order valence-corrected chi connectivity index (χ2v) is 4.78. The van der Waals surface area contributed by atoms with Crippen LogP contribution in [-0.2, 0) is 11.3 Å². The van der Waals surface area contributed by atoms with Gasteiger partial charge in [-0.1, -0.05) is 6.92 Å². The number of ether oxygens (including phenoxy) is 1. The van der Waals surface area contributed by atoms with Crippen LogP contribution in [0, 0.1) is 11.6 Å². The number of benzene rings is 1. The molecule has 1 N–H and O–H groups in total. The highest BCUT2D eigenvalue weighted by Gasteiger charge is 2.26. The molecule has 1 unspecified atom stereocenters. The van der Waals surface area contributed by atoms with Crippen molar-refractivity contribution in [2.24, 2.45) is 0 Å². The van der Waals surface area contributed by atoms with Gasteiger partial charge in [0.2, 0.25) is 0 Å². The van der Waals surface area contributed by atoms with E-state index in [0.717, 1.165) is 13.0 Å². The summed E-state index contributed by atoms with van der Waals surface area (Å²) >= 11 is 0. The molecule has 1 aliphatic rings. The largest absolute Gasteiger partial charge is 0.380 e. The van der Waals surface area contributed by atoms with E-state index in [4.69, 9.17) is 4.74 Å². The molecular weight excluding hydrogens is 250 g/mol. The maximum atomic E-state index is 14.1. The standard InChI is InChI=1S/C14H20F2N2O/c1-3-17-8-10-6-12(15)14(13(16)7-10)18-5-4-11(9-18)19-2/h6-7,11,17H,3-5,8-9H2,1-2H3. The third-order valence-electron chi connectivity index (χ3n) is 3.45. The Balaban J connectivity index is 2.17. The van der Waals surface area contributed by atoms with Gasteiger partial charge in [0.1, 0.15) is 17.3 Å². The normalized spacial score (nSPS) is 19.2. The molecule has 1 fully saturated rings. The zero-order chi connectivity index (χ0) is 13.8. The molecule has 19 heavy (non-hydrogen) atoms. The van der Waals surface area contributed by atoms with E-state index in [1.807, 2.05) is 6.92 Å². The van der Waals surface area contributed by atoms with Crippen LogP contribution in [-0.4, -0.2) is 32.8 Å². The zero-order valence-electron chi connectivity index (χ0n) is 11.4. The lowest BCUT2D eigenvalue weighted by molar-refractivity contribution is 0.121. The molecule has 1 aromatic carbocycles. The number of nitrogens with zero attached hydrogens (tertiary/aromatic N) is 1. The first-order valence-corrected chi connectivity index (χ1v) is 6.62. The minimum Gasteiger partial charge on any atom is -0.380 e. The molecule has 0 radical (unpaired) electrons. The molecule has 1 saturated heterocycles. The van der Waals surface area contributed by atoms with E-state index in [1.54, 1.807) is 12.0 Å². The van der Waals surface area contributed by atoms with E-state index in [1.165, 1.54) is 12.1 Å². The van der Waals surface area contributed by atoms with Gasteiger partial charge in [0.15, 0.2) is 0 Å². The number of anilines is 1. The monoisotopic (exact) mass is 270 g/mol. The van der Waals surface area contributed by atoms with Crippen molar-refractivity contribution in [1.82, 2.24) is 5.32 Å². The van der Waals surface area contributed by atoms with Gasteiger partial charge in [-0.15, -0.1) is 0 Å². The third kappa shape index (κ3) is 3.22. The molecule has 3 nitrogen and oxygen atoms in total. The van der Waals surface area contributed by atoms with Gasteiger partial charge in [-0.25, -0.2) is 8.78 Å². The van der Waals surface area contributed by atoms with Crippen LogP contribution in [0.15, 0.2) is 12.1 Å². The van der Waals surface area contributed by atoms with E-state index in [9.17, 15) is 8.78 Å². The molecule has 1 atom stereocenters. The van der Waals surface area contributed by atoms with Gasteiger partial charge in [0.05, 0.1) is 6.10 Å². The molecule has 106 valence electrons. The lowest BCUT2D eigenvalue weighted by atomic mass is 10.1. The molecular formula is C14H20F2N2O. The summed E-state index contributed by atoms with van der Waals surface area (Å²) in [6.45, 7) is 4.37. The predicted octanol–water partition coefficient (Wildman–Crippen LogP) is 2.30. The third-order valence-corrected chi connectivity index (χ3v) is 3.45. The molecule has 0 bridgehead atoms. The second-order valence-electron chi connectivity index (χ2n) is 4.78. The highest BCUT2D eigenvalue weighted by molar-refractivity contribution is 5.51. The fraction of sp³-hybridized carbons (Fsp3) is 0.571. The first kappa shape index (κ1) is 14.2. The van der Waals surface area contributed by atoms with E-state index in [-0.39, 0.29) is 11.8 Å². The SMILES string of the molecule is CCNCc1cc(F)c(N2CCC(OC)C2)c(F)c1. The Morgan fingerprint density at radius 3 is 2.58 bits per heavy atom. The van der Waals surface area contributed by atoms with E-state index in [0.29, 0.717) is 25.2 Å². The first-order valence-electron chi connectivity index (χ1n) is 6.62. The van der Waals surface area contributed by atoms with Crippen LogP contribution >= 0.6 is 0 Å². The lowest BCUT2D eigenvalue weighted by Crippen LogP contribution is -2.24. The predicted molar refractivity (Wildman–Crippen MR) is 71.4 cm³/mol. The van der Waals surface area contributed by atoms with Crippen LogP contribution in [0.2, 0.25) is 0 Å². The average Bonchev–Trinajstić information content (AvgIpc) is 2.84. The maximum absolute atomic E-state index is 14.1. The number of rotatable bonds is 5. The Kier molecular flexibility index (Phi) is 4.71. The molecule has 0 saturated carbocycles. The van der Waals surface area contributed by atoms with E-state index < -0.39 is 11.6 Å². The minimum atomic E-state index is -0.496. The van der Waals surface area contributed by atoms with Crippen molar-refractivity contribution in [3.05, 3.63) is 29.3 Å². The number of hydrogen-bond donors (Lipinski definition) is 1. The van der Waals surface area contributed by atoms with Crippen molar-refractivity contribution < 1.29 is 13.5 Å².